The Morgan fingerprint density at radius 1 is 0.700 bits per heavy atom. The van der Waals surface area contributed by atoms with Gasteiger partial charge in [0.1, 0.15) is 0 Å². The van der Waals surface area contributed by atoms with E-state index < -0.39 is 0 Å². The average molecular weight is 436 g/mol. The maximum Gasteiger partial charge on any atom is 0.323 e. The van der Waals surface area contributed by atoms with E-state index in [9.17, 15) is 9.59 Å². The maximum atomic E-state index is 12.6. The van der Waals surface area contributed by atoms with E-state index in [2.05, 4.69) is 22.0 Å². The van der Waals surface area contributed by atoms with Gasteiger partial charge in [0.25, 0.3) is 5.91 Å². The number of benzene rings is 3. The van der Waals surface area contributed by atoms with Crippen LogP contribution >= 0.6 is 23.5 Å². The molecule has 5 nitrogen and oxygen atoms in total. The van der Waals surface area contributed by atoms with Crippen LogP contribution in [-0.4, -0.2) is 23.4 Å². The van der Waals surface area contributed by atoms with Crippen LogP contribution in [0.15, 0.2) is 78.9 Å². The van der Waals surface area contributed by atoms with Gasteiger partial charge in [-0.3, -0.25) is 4.79 Å². The fraction of sp³-hybridized carbons (Fsp3) is 0.130. The number of rotatable bonds is 5. The monoisotopic (exact) mass is 435 g/mol. The van der Waals surface area contributed by atoms with Crippen LogP contribution in [0.5, 0.6) is 0 Å². The van der Waals surface area contributed by atoms with Crippen molar-refractivity contribution < 1.29 is 9.59 Å². The van der Waals surface area contributed by atoms with Crippen molar-refractivity contribution in [1.82, 2.24) is 0 Å². The number of thioether (sulfide) groups is 2. The molecule has 0 spiro atoms. The molecule has 1 fully saturated rings. The summed E-state index contributed by atoms with van der Waals surface area (Å²) in [5.41, 5.74) is 3.86. The van der Waals surface area contributed by atoms with Gasteiger partial charge in [-0.15, -0.1) is 23.5 Å². The van der Waals surface area contributed by atoms with Crippen molar-refractivity contribution in [1.29, 1.82) is 0 Å². The third kappa shape index (κ3) is 5.37. The van der Waals surface area contributed by atoms with Gasteiger partial charge in [0.15, 0.2) is 0 Å². The molecule has 1 heterocycles. The van der Waals surface area contributed by atoms with Gasteiger partial charge in [0, 0.05) is 34.1 Å². The van der Waals surface area contributed by atoms with Crippen LogP contribution in [-0.2, 0) is 0 Å². The van der Waals surface area contributed by atoms with E-state index in [0.717, 1.165) is 17.2 Å². The number of amides is 3. The van der Waals surface area contributed by atoms with Crippen LogP contribution in [0.4, 0.5) is 21.9 Å². The summed E-state index contributed by atoms with van der Waals surface area (Å²) in [6.07, 6.45) is 0. The van der Waals surface area contributed by atoms with E-state index in [1.54, 1.807) is 24.3 Å². The summed E-state index contributed by atoms with van der Waals surface area (Å²) in [6.45, 7) is 0. The molecule has 1 aliphatic rings. The number of carbonyl (C=O) groups is 2. The number of nitrogens with one attached hydrogen (secondary N) is 3. The highest BCUT2D eigenvalue weighted by atomic mass is 32.2. The predicted octanol–water partition coefficient (Wildman–Crippen LogP) is 6.06. The lowest BCUT2D eigenvalue weighted by Crippen LogP contribution is -2.19. The zero-order chi connectivity index (χ0) is 20.8. The highest BCUT2D eigenvalue weighted by Gasteiger charge is 2.18. The van der Waals surface area contributed by atoms with Crippen LogP contribution < -0.4 is 16.0 Å². The molecule has 3 N–H and O–H groups in total. The third-order valence-electron chi connectivity index (χ3n) is 4.48. The first-order chi connectivity index (χ1) is 14.7. The van der Waals surface area contributed by atoms with E-state index >= 15 is 0 Å². The molecular formula is C23H21N3O2S2. The maximum absolute atomic E-state index is 12.6. The van der Waals surface area contributed by atoms with Crippen molar-refractivity contribution in [2.75, 3.05) is 27.5 Å². The molecule has 0 aliphatic carbocycles. The summed E-state index contributed by atoms with van der Waals surface area (Å²) >= 11 is 3.87. The van der Waals surface area contributed by atoms with Gasteiger partial charge in [-0.2, -0.15) is 0 Å². The fourth-order valence-electron chi connectivity index (χ4n) is 3.04. The number of anilines is 3. The minimum atomic E-state index is -0.335. The molecule has 3 aromatic rings. The summed E-state index contributed by atoms with van der Waals surface area (Å²) < 4.78 is 0.439. The van der Waals surface area contributed by atoms with E-state index in [1.807, 2.05) is 72.1 Å². The zero-order valence-corrected chi connectivity index (χ0v) is 17.8. The molecule has 3 amide bonds. The lowest BCUT2D eigenvalue weighted by Gasteiger charge is -2.12. The molecular weight excluding hydrogens is 414 g/mol. The Kier molecular flexibility index (Phi) is 6.61. The van der Waals surface area contributed by atoms with Crippen LogP contribution in [0, 0.1) is 0 Å². The molecule has 0 saturated carbocycles. The summed E-state index contributed by atoms with van der Waals surface area (Å²) in [6, 6.07) is 23.7. The normalized spacial score (nSPS) is 13.6. The molecule has 0 aromatic heterocycles. The smallest absolute Gasteiger partial charge is 0.322 e. The molecule has 0 bridgehead atoms. The van der Waals surface area contributed by atoms with Gasteiger partial charge >= 0.3 is 6.03 Å². The summed E-state index contributed by atoms with van der Waals surface area (Å²) in [5.74, 6) is 2.14. The van der Waals surface area contributed by atoms with Gasteiger partial charge in [0.05, 0.1) is 4.58 Å². The Labute approximate surface area is 184 Å². The summed E-state index contributed by atoms with van der Waals surface area (Å²) in [4.78, 5) is 24.7. The highest BCUT2D eigenvalue weighted by molar-refractivity contribution is 8.19. The molecule has 0 radical (unpaired) electrons. The number of para-hydroxylation sites is 1. The van der Waals surface area contributed by atoms with E-state index in [-0.39, 0.29) is 11.9 Å². The molecule has 1 aliphatic heterocycles. The van der Waals surface area contributed by atoms with Crippen molar-refractivity contribution >= 4 is 52.5 Å². The van der Waals surface area contributed by atoms with E-state index in [0.29, 0.717) is 21.5 Å². The first-order valence-electron chi connectivity index (χ1n) is 9.55. The molecule has 152 valence electrons. The van der Waals surface area contributed by atoms with Crippen LogP contribution in [0.3, 0.4) is 0 Å². The summed E-state index contributed by atoms with van der Waals surface area (Å²) in [5, 5.41) is 8.47. The van der Waals surface area contributed by atoms with Crippen LogP contribution in [0.25, 0.3) is 0 Å². The van der Waals surface area contributed by atoms with Gasteiger partial charge < -0.3 is 16.0 Å². The first-order valence-corrected chi connectivity index (χ1v) is 11.6. The Morgan fingerprint density at radius 3 is 2.03 bits per heavy atom. The second kappa shape index (κ2) is 9.73. The molecule has 30 heavy (non-hydrogen) atoms. The second-order valence-corrected chi connectivity index (χ2v) is 9.40. The second-order valence-electron chi connectivity index (χ2n) is 6.68. The predicted molar refractivity (Wildman–Crippen MR) is 128 cm³/mol. The zero-order valence-electron chi connectivity index (χ0n) is 16.1. The van der Waals surface area contributed by atoms with Crippen LogP contribution in [0.2, 0.25) is 0 Å². The molecule has 0 atom stereocenters. The highest BCUT2D eigenvalue weighted by Crippen LogP contribution is 2.45. The number of urea groups is 1. The number of hydrogen-bond donors (Lipinski definition) is 3. The fourth-order valence-corrected chi connectivity index (χ4v) is 5.88. The topological polar surface area (TPSA) is 70.2 Å². The molecule has 7 heteroatoms. The Bertz CT molecular complexity index is 1020. The van der Waals surface area contributed by atoms with Gasteiger partial charge in [-0.05, 0) is 54.1 Å². The number of hydrogen-bond acceptors (Lipinski definition) is 4. The third-order valence-corrected chi connectivity index (χ3v) is 7.58. The average Bonchev–Trinajstić information content (AvgIpc) is 3.30. The van der Waals surface area contributed by atoms with Crippen molar-refractivity contribution in [3.8, 4) is 0 Å². The quantitative estimate of drug-likeness (QED) is 0.455. The molecule has 3 aromatic carbocycles. The molecule has 0 unspecified atom stereocenters. The van der Waals surface area contributed by atoms with E-state index in [4.69, 9.17) is 0 Å². The van der Waals surface area contributed by atoms with Gasteiger partial charge in [-0.25, -0.2) is 4.79 Å². The standard InChI is InChI=1S/C23H21N3O2S2/c27-21(24-20-8-4-5-17(15-20)22-29-13-14-30-22)16-9-11-19(12-10-16)26-23(28)25-18-6-2-1-3-7-18/h1-12,15,22H,13-14H2,(H,24,27)(H2,25,26,28). The van der Waals surface area contributed by atoms with Crippen molar-refractivity contribution in [3.05, 3.63) is 90.0 Å². The summed E-state index contributed by atoms with van der Waals surface area (Å²) in [7, 11) is 0. The molecule has 1 saturated heterocycles. The Hall–Kier alpha value is -2.90. The SMILES string of the molecule is O=C(Nc1ccccc1)Nc1ccc(C(=O)Nc2cccc(C3SCCS3)c2)cc1. The van der Waals surface area contributed by atoms with Crippen molar-refractivity contribution in [2.45, 2.75) is 4.58 Å². The van der Waals surface area contributed by atoms with Gasteiger partial charge in [-0.1, -0.05) is 30.3 Å². The lowest BCUT2D eigenvalue weighted by atomic mass is 10.1. The number of carbonyl (C=O) groups excluding carboxylic acids is 2. The Balaban J connectivity index is 1.35. The first kappa shape index (κ1) is 20.4. The Morgan fingerprint density at radius 2 is 1.33 bits per heavy atom. The minimum Gasteiger partial charge on any atom is -0.322 e. The lowest BCUT2D eigenvalue weighted by molar-refractivity contribution is 0.102. The molecule has 4 rings (SSSR count). The van der Waals surface area contributed by atoms with Crippen molar-refractivity contribution in [3.63, 3.8) is 0 Å². The van der Waals surface area contributed by atoms with Crippen molar-refractivity contribution in [2.24, 2.45) is 0 Å². The largest absolute Gasteiger partial charge is 0.323 e. The van der Waals surface area contributed by atoms with Gasteiger partial charge in [0.2, 0.25) is 0 Å². The van der Waals surface area contributed by atoms with E-state index in [1.165, 1.54) is 5.56 Å². The minimum absolute atomic E-state index is 0.181. The van der Waals surface area contributed by atoms with Crippen LogP contribution in [0.1, 0.15) is 20.5 Å².